The van der Waals surface area contributed by atoms with E-state index in [1.54, 1.807) is 0 Å². The van der Waals surface area contributed by atoms with Crippen molar-refractivity contribution in [3.05, 3.63) is 0 Å². The molecule has 1 saturated heterocycles. The predicted octanol–water partition coefficient (Wildman–Crippen LogP) is -3.52. The maximum Gasteiger partial charge on any atom is 0.278 e. The summed E-state index contributed by atoms with van der Waals surface area (Å²) >= 11 is 0. The highest BCUT2D eigenvalue weighted by molar-refractivity contribution is 5.90. The molecule has 0 saturated carbocycles. The molecule has 7 heteroatoms. The number of nitrogens with one attached hydrogen (secondary N) is 1. The number of aliphatic carboxylic acids is 1. The highest BCUT2D eigenvalue weighted by Crippen LogP contribution is 2.17. The van der Waals surface area contributed by atoms with Crippen LogP contribution in [-0.2, 0) is 14.4 Å². The average Bonchev–Trinajstić information content (AvgIpc) is 2.86. The number of terminal acetylenes is 1. The maximum atomic E-state index is 12.0. The summed E-state index contributed by atoms with van der Waals surface area (Å²) in [6.45, 7) is 0.551. The van der Waals surface area contributed by atoms with Gasteiger partial charge >= 0.3 is 0 Å². The molecule has 0 spiro atoms. The number of carboxylic acid groups (broad SMARTS) is 1. The SMILES string of the molecule is C#CC[C@H](NC(=O)[C@@H]1CCCN1C(=O)C[NH3+])C(=O)[O-]. The van der Waals surface area contributed by atoms with Crippen molar-refractivity contribution in [2.75, 3.05) is 13.1 Å². The Morgan fingerprint density at radius 2 is 2.21 bits per heavy atom. The van der Waals surface area contributed by atoms with Crippen LogP contribution in [0.3, 0.4) is 0 Å². The van der Waals surface area contributed by atoms with E-state index < -0.39 is 24.0 Å². The zero-order chi connectivity index (χ0) is 14.4. The summed E-state index contributed by atoms with van der Waals surface area (Å²) in [7, 11) is 0. The second-order valence-corrected chi connectivity index (χ2v) is 4.28. The molecule has 1 aliphatic heterocycles. The Balaban J connectivity index is 2.69. The molecule has 1 aliphatic rings. The number of nitrogens with zero attached hydrogens (tertiary/aromatic N) is 1. The van der Waals surface area contributed by atoms with E-state index in [2.05, 4.69) is 17.0 Å². The first-order valence-electron chi connectivity index (χ1n) is 6.04. The third-order valence-corrected chi connectivity index (χ3v) is 3.01. The van der Waals surface area contributed by atoms with Gasteiger partial charge in [-0.3, -0.25) is 9.59 Å². The molecule has 0 unspecified atom stereocenters. The molecule has 0 aromatic heterocycles. The fourth-order valence-electron chi connectivity index (χ4n) is 2.06. The van der Waals surface area contributed by atoms with Gasteiger partial charge in [0.05, 0.1) is 12.0 Å². The molecule has 1 heterocycles. The minimum atomic E-state index is -1.43. The Hall–Kier alpha value is -2.07. The first-order chi connectivity index (χ1) is 9.01. The fraction of sp³-hybridized carbons (Fsp3) is 0.583. The second kappa shape index (κ2) is 6.75. The standard InChI is InChI=1S/C12H17N3O4/c1-2-4-8(12(18)19)14-11(17)9-5-3-6-15(9)10(16)7-13/h1,8-9H,3-7,13H2,(H,14,17)(H,18,19)/t8-,9-/m0/s1. The smallest absolute Gasteiger partial charge is 0.278 e. The summed E-state index contributed by atoms with van der Waals surface area (Å²) in [5.41, 5.74) is 3.49. The van der Waals surface area contributed by atoms with E-state index in [9.17, 15) is 19.5 Å². The highest BCUT2D eigenvalue weighted by Gasteiger charge is 2.34. The predicted molar refractivity (Wildman–Crippen MR) is 62.9 cm³/mol. The largest absolute Gasteiger partial charge is 0.548 e. The molecule has 1 fully saturated rings. The zero-order valence-electron chi connectivity index (χ0n) is 10.6. The minimum absolute atomic E-state index is 0.0675. The lowest BCUT2D eigenvalue weighted by Crippen LogP contribution is -2.60. The maximum absolute atomic E-state index is 12.0. The van der Waals surface area contributed by atoms with Crippen molar-refractivity contribution < 1.29 is 25.2 Å². The van der Waals surface area contributed by atoms with Crippen LogP contribution in [-0.4, -0.2) is 47.9 Å². The number of amides is 2. The summed E-state index contributed by atoms with van der Waals surface area (Å²) < 4.78 is 0. The number of carboxylic acids is 1. The van der Waals surface area contributed by atoms with Crippen molar-refractivity contribution in [3.8, 4) is 12.3 Å². The van der Waals surface area contributed by atoms with Crippen LogP contribution in [0.4, 0.5) is 0 Å². The van der Waals surface area contributed by atoms with Gasteiger partial charge in [-0.15, -0.1) is 12.3 Å². The molecule has 0 bridgehead atoms. The Bertz CT molecular complexity index is 416. The molecule has 0 aliphatic carbocycles. The molecule has 2 atom stereocenters. The van der Waals surface area contributed by atoms with Crippen LogP contribution in [0.25, 0.3) is 0 Å². The summed E-state index contributed by atoms with van der Waals surface area (Å²) in [6.07, 6.45) is 6.09. The molecule has 4 N–H and O–H groups in total. The zero-order valence-corrected chi connectivity index (χ0v) is 10.6. The molecular weight excluding hydrogens is 250 g/mol. The Morgan fingerprint density at radius 3 is 2.74 bits per heavy atom. The second-order valence-electron chi connectivity index (χ2n) is 4.28. The first kappa shape index (κ1) is 15.0. The number of likely N-dealkylation sites (tertiary alicyclic amines) is 1. The molecule has 0 aromatic carbocycles. The number of rotatable bonds is 5. The Labute approximate surface area is 111 Å². The van der Waals surface area contributed by atoms with Gasteiger partial charge in [0.25, 0.3) is 5.91 Å². The average molecular weight is 267 g/mol. The van der Waals surface area contributed by atoms with Gasteiger partial charge < -0.3 is 25.9 Å². The Morgan fingerprint density at radius 1 is 1.53 bits per heavy atom. The lowest BCUT2D eigenvalue weighted by molar-refractivity contribution is -0.357. The Kier molecular flexibility index (Phi) is 5.33. The van der Waals surface area contributed by atoms with E-state index >= 15 is 0 Å². The van der Waals surface area contributed by atoms with E-state index in [0.717, 1.165) is 0 Å². The lowest BCUT2D eigenvalue weighted by atomic mass is 10.1. The number of hydrogen-bond donors (Lipinski definition) is 2. The highest BCUT2D eigenvalue weighted by atomic mass is 16.4. The number of hydrogen-bond acceptors (Lipinski definition) is 4. The van der Waals surface area contributed by atoms with Gasteiger partial charge in [0.2, 0.25) is 5.91 Å². The minimum Gasteiger partial charge on any atom is -0.548 e. The first-order valence-corrected chi connectivity index (χ1v) is 6.04. The lowest BCUT2D eigenvalue weighted by Gasteiger charge is -2.25. The van der Waals surface area contributed by atoms with Crippen molar-refractivity contribution >= 4 is 17.8 Å². The van der Waals surface area contributed by atoms with Crippen molar-refractivity contribution in [2.45, 2.75) is 31.3 Å². The van der Waals surface area contributed by atoms with Crippen LogP contribution >= 0.6 is 0 Å². The van der Waals surface area contributed by atoms with Crippen LogP contribution < -0.4 is 16.2 Å². The quantitative estimate of drug-likeness (QED) is 0.502. The molecule has 2 amide bonds. The number of carbonyl (C=O) groups excluding carboxylic acids is 3. The monoisotopic (exact) mass is 267 g/mol. The van der Waals surface area contributed by atoms with Crippen LogP contribution in [0.5, 0.6) is 0 Å². The molecule has 0 aromatic rings. The summed E-state index contributed by atoms with van der Waals surface area (Å²) in [5.74, 6) is -0.0000569. The fourth-order valence-corrected chi connectivity index (χ4v) is 2.06. The number of quaternary nitrogens is 1. The molecule has 1 rings (SSSR count). The molecule has 0 radical (unpaired) electrons. The van der Waals surface area contributed by atoms with Gasteiger partial charge in [0, 0.05) is 13.0 Å². The van der Waals surface area contributed by atoms with Crippen LogP contribution in [0, 0.1) is 12.3 Å². The van der Waals surface area contributed by atoms with Crippen molar-refractivity contribution in [1.82, 2.24) is 10.2 Å². The third kappa shape index (κ3) is 3.69. The van der Waals surface area contributed by atoms with Crippen LogP contribution in [0.1, 0.15) is 19.3 Å². The van der Waals surface area contributed by atoms with E-state index in [4.69, 9.17) is 6.42 Å². The van der Waals surface area contributed by atoms with Crippen molar-refractivity contribution in [2.24, 2.45) is 0 Å². The van der Waals surface area contributed by atoms with Gasteiger partial charge in [-0.2, -0.15) is 0 Å². The van der Waals surface area contributed by atoms with Crippen molar-refractivity contribution in [3.63, 3.8) is 0 Å². The summed E-state index contributed by atoms with van der Waals surface area (Å²) in [5, 5.41) is 13.1. The molecule has 19 heavy (non-hydrogen) atoms. The number of carbonyl (C=O) groups is 3. The third-order valence-electron chi connectivity index (χ3n) is 3.01. The van der Waals surface area contributed by atoms with E-state index in [-0.39, 0.29) is 18.9 Å². The molecule has 104 valence electrons. The molecule has 7 nitrogen and oxygen atoms in total. The van der Waals surface area contributed by atoms with Gasteiger partial charge in [-0.05, 0) is 12.8 Å². The topological polar surface area (TPSA) is 117 Å². The van der Waals surface area contributed by atoms with E-state index in [0.29, 0.717) is 19.4 Å². The summed E-state index contributed by atoms with van der Waals surface area (Å²) in [6, 6.07) is -1.87. The van der Waals surface area contributed by atoms with Gasteiger partial charge in [-0.1, -0.05) is 0 Å². The normalized spacial score (nSPS) is 19.6. The molecular formula is C12H17N3O4. The summed E-state index contributed by atoms with van der Waals surface area (Å²) in [4.78, 5) is 35.8. The van der Waals surface area contributed by atoms with Gasteiger partial charge in [0.1, 0.15) is 6.04 Å². The van der Waals surface area contributed by atoms with Crippen LogP contribution in [0.15, 0.2) is 0 Å². The van der Waals surface area contributed by atoms with Crippen molar-refractivity contribution in [1.29, 1.82) is 0 Å². The van der Waals surface area contributed by atoms with E-state index in [1.807, 2.05) is 0 Å². The van der Waals surface area contributed by atoms with E-state index in [1.165, 1.54) is 4.90 Å². The van der Waals surface area contributed by atoms with Gasteiger partial charge in [0.15, 0.2) is 6.54 Å². The van der Waals surface area contributed by atoms with Crippen LogP contribution in [0.2, 0.25) is 0 Å². The van der Waals surface area contributed by atoms with Gasteiger partial charge in [-0.25, -0.2) is 0 Å².